The van der Waals surface area contributed by atoms with Crippen LogP contribution in [0.3, 0.4) is 0 Å². The highest BCUT2D eigenvalue weighted by Gasteiger charge is 2.42. The van der Waals surface area contributed by atoms with Crippen LogP contribution in [-0.2, 0) is 30.2 Å². The summed E-state index contributed by atoms with van der Waals surface area (Å²) >= 11 is 0. The maximum absolute atomic E-state index is 12.6. The molecule has 1 aliphatic heterocycles. The molecule has 2 atom stereocenters. The van der Waals surface area contributed by atoms with Gasteiger partial charge in [-0.05, 0) is 24.5 Å². The molecule has 0 bridgehead atoms. The lowest BCUT2D eigenvalue weighted by atomic mass is 10.2. The molecular formula is C16H21N5O3. The number of amides is 1. The third-order valence-electron chi connectivity index (χ3n) is 4.32. The van der Waals surface area contributed by atoms with Gasteiger partial charge in [-0.3, -0.25) is 9.48 Å². The minimum absolute atomic E-state index is 0.161. The Hall–Kier alpha value is -2.77. The van der Waals surface area contributed by atoms with Crippen molar-refractivity contribution in [2.45, 2.75) is 31.5 Å². The molecule has 24 heavy (non-hydrogen) atoms. The van der Waals surface area contributed by atoms with E-state index in [0.29, 0.717) is 25.1 Å². The smallest absolute Gasteiger partial charge is 0.326 e. The van der Waals surface area contributed by atoms with Crippen molar-refractivity contribution in [1.29, 1.82) is 0 Å². The van der Waals surface area contributed by atoms with Crippen molar-refractivity contribution in [3.63, 3.8) is 0 Å². The predicted molar refractivity (Wildman–Crippen MR) is 87.4 cm³/mol. The van der Waals surface area contributed by atoms with Crippen molar-refractivity contribution in [3.8, 4) is 0 Å². The summed E-state index contributed by atoms with van der Waals surface area (Å²) in [5, 5.41) is 16.5. The maximum atomic E-state index is 12.6. The molecule has 2 unspecified atom stereocenters. The van der Waals surface area contributed by atoms with Gasteiger partial charge >= 0.3 is 5.97 Å². The molecule has 8 heteroatoms. The molecular weight excluding hydrogens is 310 g/mol. The monoisotopic (exact) mass is 331 g/mol. The Kier molecular flexibility index (Phi) is 4.28. The van der Waals surface area contributed by atoms with Crippen LogP contribution in [0.25, 0.3) is 0 Å². The summed E-state index contributed by atoms with van der Waals surface area (Å²) in [6, 6.07) is 0.731. The second-order valence-corrected chi connectivity index (χ2v) is 6.13. The average Bonchev–Trinajstić information content (AvgIpc) is 3.23. The van der Waals surface area contributed by atoms with Crippen LogP contribution in [0.1, 0.15) is 18.4 Å². The maximum Gasteiger partial charge on any atom is 0.326 e. The number of rotatable bonds is 5. The summed E-state index contributed by atoms with van der Waals surface area (Å²) in [6.45, 7) is 0.425. The minimum Gasteiger partial charge on any atom is -0.480 e. The van der Waals surface area contributed by atoms with Crippen LogP contribution in [0.2, 0.25) is 0 Å². The number of carbonyl (C=O) groups excluding carboxylic acids is 1. The summed E-state index contributed by atoms with van der Waals surface area (Å²) in [5.74, 6) is -1.08. The summed E-state index contributed by atoms with van der Waals surface area (Å²) in [5.41, 5.74) is 1.66. The molecule has 0 aromatic carbocycles. The Morgan fingerprint density at radius 2 is 2.04 bits per heavy atom. The number of carbonyl (C=O) groups is 2. The number of nitrogens with zero attached hydrogens (tertiary/aromatic N) is 4. The molecule has 8 nitrogen and oxygen atoms in total. The van der Waals surface area contributed by atoms with Gasteiger partial charge in [0.05, 0.1) is 11.9 Å². The van der Waals surface area contributed by atoms with E-state index < -0.39 is 18.1 Å². The number of carboxylic acids is 1. The number of nitrogens with one attached hydrogen (secondary N) is 1. The van der Waals surface area contributed by atoms with Crippen LogP contribution in [0, 0.1) is 0 Å². The van der Waals surface area contributed by atoms with E-state index in [2.05, 4.69) is 10.4 Å². The molecule has 0 radical (unpaired) electrons. The molecule has 1 fully saturated rings. The Balaban J connectivity index is 1.74. The van der Waals surface area contributed by atoms with Gasteiger partial charge in [0, 0.05) is 39.2 Å². The molecule has 3 heterocycles. The molecule has 0 aliphatic carbocycles. The van der Waals surface area contributed by atoms with Gasteiger partial charge in [-0.2, -0.15) is 5.10 Å². The van der Waals surface area contributed by atoms with Crippen molar-refractivity contribution in [2.75, 3.05) is 4.90 Å². The lowest BCUT2D eigenvalue weighted by Gasteiger charge is -2.28. The van der Waals surface area contributed by atoms with Crippen molar-refractivity contribution >= 4 is 17.6 Å². The van der Waals surface area contributed by atoms with Gasteiger partial charge in [0.1, 0.15) is 12.1 Å². The topological polar surface area (TPSA) is 92.4 Å². The van der Waals surface area contributed by atoms with Crippen molar-refractivity contribution < 1.29 is 14.7 Å². The molecule has 0 spiro atoms. The van der Waals surface area contributed by atoms with Crippen molar-refractivity contribution in [2.24, 2.45) is 14.1 Å². The van der Waals surface area contributed by atoms with E-state index in [1.165, 1.54) is 0 Å². The Labute approximate surface area is 139 Å². The van der Waals surface area contributed by atoms with E-state index in [4.69, 9.17) is 0 Å². The molecule has 128 valence electrons. The first-order chi connectivity index (χ1) is 11.5. The van der Waals surface area contributed by atoms with Gasteiger partial charge < -0.3 is 19.9 Å². The zero-order valence-corrected chi connectivity index (χ0v) is 13.7. The van der Waals surface area contributed by atoms with Crippen molar-refractivity contribution in [3.05, 3.63) is 36.4 Å². The lowest BCUT2D eigenvalue weighted by molar-refractivity contribution is -0.138. The van der Waals surface area contributed by atoms with E-state index in [0.717, 1.165) is 5.56 Å². The highest BCUT2D eigenvalue weighted by atomic mass is 16.4. The quantitative estimate of drug-likeness (QED) is 0.832. The number of hydrogen-bond donors (Lipinski definition) is 2. The first kappa shape index (κ1) is 16.1. The molecule has 1 saturated heterocycles. The Bertz CT molecular complexity index is 750. The fourth-order valence-corrected chi connectivity index (χ4v) is 3.19. The fourth-order valence-electron chi connectivity index (χ4n) is 3.19. The molecule has 2 aromatic rings. The van der Waals surface area contributed by atoms with Gasteiger partial charge in [0.25, 0.3) is 0 Å². The Morgan fingerprint density at radius 1 is 1.29 bits per heavy atom. The summed E-state index contributed by atoms with van der Waals surface area (Å²) < 4.78 is 3.52. The third kappa shape index (κ3) is 3.12. The molecule has 1 amide bonds. The minimum atomic E-state index is -0.919. The number of aromatic nitrogens is 3. The SMILES string of the molecule is Cn1ccc(CNC(=O)C2CCC(C(=O)O)N2c2cnn(C)c2)c1. The summed E-state index contributed by atoms with van der Waals surface area (Å²) in [4.78, 5) is 25.8. The largest absolute Gasteiger partial charge is 0.480 e. The average molecular weight is 331 g/mol. The highest BCUT2D eigenvalue weighted by molar-refractivity contribution is 5.90. The van der Waals surface area contributed by atoms with E-state index in [1.54, 1.807) is 29.0 Å². The first-order valence-electron chi connectivity index (χ1n) is 7.84. The van der Waals surface area contributed by atoms with Gasteiger partial charge in [-0.25, -0.2) is 4.79 Å². The number of aryl methyl sites for hydroxylation is 2. The summed E-state index contributed by atoms with van der Waals surface area (Å²) in [6.07, 6.45) is 8.13. The first-order valence-corrected chi connectivity index (χ1v) is 7.84. The Morgan fingerprint density at radius 3 is 2.62 bits per heavy atom. The van der Waals surface area contributed by atoms with Gasteiger partial charge in [0.2, 0.25) is 5.91 Å². The number of hydrogen-bond acceptors (Lipinski definition) is 4. The number of aliphatic carboxylic acids is 1. The van der Waals surface area contributed by atoms with Crippen LogP contribution in [0.4, 0.5) is 5.69 Å². The fraction of sp³-hybridized carbons (Fsp3) is 0.438. The van der Waals surface area contributed by atoms with E-state index >= 15 is 0 Å². The lowest BCUT2D eigenvalue weighted by Crippen LogP contribution is -2.48. The van der Waals surface area contributed by atoms with Crippen LogP contribution in [0.15, 0.2) is 30.9 Å². The second kappa shape index (κ2) is 6.38. The zero-order chi connectivity index (χ0) is 17.3. The molecule has 1 aliphatic rings. The molecule has 2 aromatic heterocycles. The van der Waals surface area contributed by atoms with Gasteiger partial charge in [0.15, 0.2) is 0 Å². The van der Waals surface area contributed by atoms with E-state index in [9.17, 15) is 14.7 Å². The van der Waals surface area contributed by atoms with E-state index in [-0.39, 0.29) is 5.91 Å². The summed E-state index contributed by atoms with van der Waals surface area (Å²) in [7, 11) is 3.68. The van der Waals surface area contributed by atoms with Crippen LogP contribution >= 0.6 is 0 Å². The molecule has 3 rings (SSSR count). The van der Waals surface area contributed by atoms with Gasteiger partial charge in [-0.1, -0.05) is 0 Å². The highest BCUT2D eigenvalue weighted by Crippen LogP contribution is 2.30. The predicted octanol–water partition coefficient (Wildman–Crippen LogP) is 0.497. The molecule has 0 saturated carbocycles. The second-order valence-electron chi connectivity index (χ2n) is 6.13. The zero-order valence-electron chi connectivity index (χ0n) is 13.7. The van der Waals surface area contributed by atoms with E-state index in [1.807, 2.05) is 30.1 Å². The normalized spacial score (nSPS) is 20.3. The van der Waals surface area contributed by atoms with Crippen LogP contribution in [0.5, 0.6) is 0 Å². The van der Waals surface area contributed by atoms with Crippen molar-refractivity contribution in [1.82, 2.24) is 19.7 Å². The van der Waals surface area contributed by atoms with Gasteiger partial charge in [-0.15, -0.1) is 0 Å². The number of carboxylic acid groups (broad SMARTS) is 1. The third-order valence-corrected chi connectivity index (χ3v) is 4.32. The molecule has 2 N–H and O–H groups in total. The van der Waals surface area contributed by atoms with Crippen LogP contribution < -0.4 is 10.2 Å². The number of anilines is 1. The standard InChI is InChI=1S/C16H21N5O3/c1-19-6-5-11(9-19)7-17-15(22)13-3-4-14(16(23)24)21(13)12-8-18-20(2)10-12/h5-6,8-10,13-14H,3-4,7H2,1-2H3,(H,17,22)(H,23,24). The van der Waals surface area contributed by atoms with Crippen LogP contribution in [-0.4, -0.2) is 43.4 Å².